The third kappa shape index (κ3) is 6.17. The molecule has 0 atom stereocenters. The molecular formula is C25H28ClN5O2S. The maximum absolute atomic E-state index is 13.3. The molecule has 7 nitrogen and oxygen atoms in total. The number of nitrogens with zero attached hydrogens (tertiary/aromatic N) is 4. The van der Waals surface area contributed by atoms with Gasteiger partial charge in [0.2, 0.25) is 5.91 Å². The van der Waals surface area contributed by atoms with Crippen LogP contribution in [-0.2, 0) is 11.3 Å². The van der Waals surface area contributed by atoms with Crippen LogP contribution in [0.4, 0.5) is 5.69 Å². The zero-order chi connectivity index (χ0) is 24.8. The van der Waals surface area contributed by atoms with Gasteiger partial charge in [0, 0.05) is 30.2 Å². The highest BCUT2D eigenvalue weighted by Gasteiger charge is 2.18. The highest BCUT2D eigenvalue weighted by Crippen LogP contribution is 2.22. The normalized spacial score (nSPS) is 11.4. The van der Waals surface area contributed by atoms with Gasteiger partial charge in [-0.05, 0) is 58.0 Å². The third-order valence-electron chi connectivity index (χ3n) is 5.44. The van der Waals surface area contributed by atoms with Crippen LogP contribution in [0.3, 0.4) is 0 Å². The van der Waals surface area contributed by atoms with Gasteiger partial charge in [-0.15, -0.1) is 0 Å². The topological polar surface area (TPSA) is 91.0 Å². The molecule has 0 fully saturated rings. The summed E-state index contributed by atoms with van der Waals surface area (Å²) in [6, 6.07) is 14.6. The number of para-hydroxylation sites is 1. The number of thioether (sulfide) groups is 1. The first-order valence-electron chi connectivity index (χ1n) is 11.1. The summed E-state index contributed by atoms with van der Waals surface area (Å²) in [6.45, 7) is 9.67. The first-order chi connectivity index (χ1) is 16.2. The summed E-state index contributed by atoms with van der Waals surface area (Å²) in [4.78, 5) is 33.0. The quantitative estimate of drug-likeness (QED) is 0.338. The lowest BCUT2D eigenvalue weighted by atomic mass is 10.2. The molecule has 0 unspecified atom stereocenters. The van der Waals surface area contributed by atoms with Crippen LogP contribution in [0.25, 0.3) is 10.9 Å². The molecule has 0 saturated carbocycles. The van der Waals surface area contributed by atoms with Gasteiger partial charge in [0.25, 0.3) is 5.56 Å². The van der Waals surface area contributed by atoms with Crippen molar-refractivity contribution in [3.63, 3.8) is 0 Å². The van der Waals surface area contributed by atoms with E-state index in [1.807, 2.05) is 18.2 Å². The molecule has 2 aromatic carbocycles. The maximum Gasteiger partial charge on any atom is 0.262 e. The van der Waals surface area contributed by atoms with E-state index in [2.05, 4.69) is 42.9 Å². The Morgan fingerprint density at radius 3 is 2.59 bits per heavy atom. The van der Waals surface area contributed by atoms with Crippen molar-refractivity contribution in [1.29, 1.82) is 5.26 Å². The number of aromatic nitrogens is 2. The Kier molecular flexibility index (Phi) is 8.72. The number of anilines is 1. The fourth-order valence-corrected chi connectivity index (χ4v) is 4.81. The van der Waals surface area contributed by atoms with Gasteiger partial charge in [0.05, 0.1) is 27.9 Å². The van der Waals surface area contributed by atoms with Gasteiger partial charge >= 0.3 is 0 Å². The average molecular weight is 498 g/mol. The van der Waals surface area contributed by atoms with Crippen LogP contribution < -0.4 is 10.9 Å². The Balaban J connectivity index is 1.85. The second-order valence-corrected chi connectivity index (χ2v) is 9.81. The number of hydrogen-bond donors (Lipinski definition) is 1. The van der Waals surface area contributed by atoms with Crippen LogP contribution in [0, 0.1) is 11.3 Å². The second-order valence-electron chi connectivity index (χ2n) is 8.43. The van der Waals surface area contributed by atoms with Crippen molar-refractivity contribution in [3.8, 4) is 6.07 Å². The van der Waals surface area contributed by atoms with Crippen molar-refractivity contribution in [3.05, 3.63) is 63.4 Å². The number of benzene rings is 2. The largest absolute Gasteiger partial charge is 0.324 e. The van der Waals surface area contributed by atoms with Gasteiger partial charge in [-0.1, -0.05) is 35.5 Å². The average Bonchev–Trinajstić information content (AvgIpc) is 2.79. The second kappa shape index (κ2) is 11.5. The van der Waals surface area contributed by atoms with Crippen molar-refractivity contribution < 1.29 is 4.79 Å². The van der Waals surface area contributed by atoms with Crippen molar-refractivity contribution in [2.45, 2.75) is 51.5 Å². The Bertz CT molecular complexity index is 1270. The molecule has 34 heavy (non-hydrogen) atoms. The summed E-state index contributed by atoms with van der Waals surface area (Å²) < 4.78 is 1.65. The Morgan fingerprint density at radius 1 is 1.21 bits per heavy atom. The maximum atomic E-state index is 13.3. The number of carbonyl (C=O) groups excluding carboxylic acids is 1. The van der Waals surface area contributed by atoms with Crippen LogP contribution in [0.15, 0.2) is 52.4 Å². The van der Waals surface area contributed by atoms with Crippen molar-refractivity contribution in [2.75, 3.05) is 17.6 Å². The molecule has 9 heteroatoms. The predicted octanol–water partition coefficient (Wildman–Crippen LogP) is 4.77. The zero-order valence-corrected chi connectivity index (χ0v) is 21.3. The van der Waals surface area contributed by atoms with Gasteiger partial charge in [-0.2, -0.15) is 5.26 Å². The van der Waals surface area contributed by atoms with Gasteiger partial charge in [0.1, 0.15) is 6.07 Å². The molecule has 0 spiro atoms. The van der Waals surface area contributed by atoms with Gasteiger partial charge < -0.3 is 5.32 Å². The number of fused-ring (bicyclic) bond motifs is 1. The van der Waals surface area contributed by atoms with E-state index < -0.39 is 0 Å². The molecule has 0 bridgehead atoms. The molecule has 178 valence electrons. The summed E-state index contributed by atoms with van der Waals surface area (Å²) in [5.74, 6) is -0.288. The lowest BCUT2D eigenvalue weighted by Gasteiger charge is -2.30. The van der Waals surface area contributed by atoms with E-state index in [1.54, 1.807) is 34.9 Å². The third-order valence-corrected chi connectivity index (χ3v) is 6.66. The molecule has 0 aliphatic carbocycles. The number of rotatable bonds is 9. The van der Waals surface area contributed by atoms with Crippen LogP contribution in [0.5, 0.6) is 0 Å². The number of hydrogen-bond acceptors (Lipinski definition) is 6. The summed E-state index contributed by atoms with van der Waals surface area (Å²) in [7, 11) is 0. The first kappa shape index (κ1) is 25.8. The van der Waals surface area contributed by atoms with Gasteiger partial charge in [-0.25, -0.2) is 4.98 Å². The van der Waals surface area contributed by atoms with E-state index in [4.69, 9.17) is 11.6 Å². The zero-order valence-electron chi connectivity index (χ0n) is 19.7. The molecule has 1 amide bonds. The predicted molar refractivity (Wildman–Crippen MR) is 139 cm³/mol. The molecule has 1 aromatic heterocycles. The van der Waals surface area contributed by atoms with Crippen LogP contribution in [0.1, 0.15) is 33.3 Å². The van der Waals surface area contributed by atoms with E-state index in [9.17, 15) is 14.9 Å². The molecule has 0 aliphatic heterocycles. The van der Waals surface area contributed by atoms with Crippen molar-refractivity contribution in [2.24, 2.45) is 0 Å². The SMILES string of the molecule is CC(C)N(CCn1c(SCC(=O)Nc2cc(Cl)ccc2C#N)nc2ccccc2c1=O)C(C)C. The fraction of sp³-hybridized carbons (Fsp3) is 0.360. The highest BCUT2D eigenvalue weighted by atomic mass is 35.5. The smallest absolute Gasteiger partial charge is 0.262 e. The summed E-state index contributed by atoms with van der Waals surface area (Å²) in [5.41, 5.74) is 1.15. The Hall–Kier alpha value is -2.86. The van der Waals surface area contributed by atoms with E-state index >= 15 is 0 Å². The number of carbonyl (C=O) groups is 1. The number of nitrogens with one attached hydrogen (secondary N) is 1. The molecule has 1 N–H and O–H groups in total. The lowest BCUT2D eigenvalue weighted by Crippen LogP contribution is -2.40. The highest BCUT2D eigenvalue weighted by molar-refractivity contribution is 7.99. The van der Waals surface area contributed by atoms with E-state index in [1.165, 1.54) is 11.8 Å². The van der Waals surface area contributed by atoms with E-state index in [-0.39, 0.29) is 17.2 Å². The number of halogens is 1. The Morgan fingerprint density at radius 2 is 1.91 bits per heavy atom. The van der Waals surface area contributed by atoms with Crippen LogP contribution in [0.2, 0.25) is 5.02 Å². The summed E-state index contributed by atoms with van der Waals surface area (Å²) in [5, 5.41) is 13.5. The minimum Gasteiger partial charge on any atom is -0.324 e. The molecule has 3 rings (SSSR count). The minimum atomic E-state index is -0.316. The van der Waals surface area contributed by atoms with Crippen LogP contribution >= 0.6 is 23.4 Å². The number of nitriles is 1. The minimum absolute atomic E-state index is 0.0280. The molecule has 0 aliphatic rings. The standard InChI is InChI=1S/C25H28ClN5O2S/c1-16(2)30(17(3)4)11-12-31-24(33)20-7-5-6-8-21(20)29-25(31)34-15-23(32)28-22-13-19(26)10-9-18(22)14-27/h5-10,13,16-17H,11-12,15H2,1-4H3,(H,28,32). The van der Waals surface area contributed by atoms with E-state index in [0.29, 0.717) is 57.5 Å². The molecule has 0 radical (unpaired) electrons. The fourth-order valence-electron chi connectivity index (χ4n) is 3.82. The molecule has 0 saturated heterocycles. The van der Waals surface area contributed by atoms with E-state index in [0.717, 1.165) is 0 Å². The molecular weight excluding hydrogens is 470 g/mol. The van der Waals surface area contributed by atoms with Crippen LogP contribution in [-0.4, -0.2) is 44.7 Å². The Labute approximate surface area is 208 Å². The molecule has 3 aromatic rings. The molecule has 1 heterocycles. The van der Waals surface area contributed by atoms with Gasteiger partial charge in [-0.3, -0.25) is 19.1 Å². The monoisotopic (exact) mass is 497 g/mol. The van der Waals surface area contributed by atoms with Gasteiger partial charge in [0.15, 0.2) is 5.16 Å². The summed E-state index contributed by atoms with van der Waals surface area (Å²) >= 11 is 7.21. The lowest BCUT2D eigenvalue weighted by molar-refractivity contribution is -0.113. The summed E-state index contributed by atoms with van der Waals surface area (Å²) in [6.07, 6.45) is 0. The van der Waals surface area contributed by atoms with Crippen molar-refractivity contribution in [1.82, 2.24) is 14.5 Å². The first-order valence-corrected chi connectivity index (χ1v) is 12.4. The number of amides is 1. The van der Waals surface area contributed by atoms with Crippen molar-refractivity contribution >= 4 is 45.9 Å².